The number of thiazole rings is 1. The van der Waals surface area contributed by atoms with E-state index in [9.17, 15) is 13.6 Å². The summed E-state index contributed by atoms with van der Waals surface area (Å²) in [5.41, 5.74) is 1.95. The van der Waals surface area contributed by atoms with Gasteiger partial charge in [-0.2, -0.15) is 0 Å². The average Bonchev–Trinajstić information content (AvgIpc) is 3.29. The zero-order chi connectivity index (χ0) is 21.6. The van der Waals surface area contributed by atoms with Gasteiger partial charge in [0.2, 0.25) is 0 Å². The van der Waals surface area contributed by atoms with Crippen molar-refractivity contribution in [2.45, 2.75) is 13.2 Å². The Labute approximate surface area is 181 Å². The highest BCUT2D eigenvalue weighted by molar-refractivity contribution is 7.13. The van der Waals surface area contributed by atoms with E-state index in [1.165, 1.54) is 11.3 Å². The summed E-state index contributed by atoms with van der Waals surface area (Å²) in [6, 6.07) is 14.0. The predicted molar refractivity (Wildman–Crippen MR) is 114 cm³/mol. The lowest BCUT2D eigenvalue weighted by Gasteiger charge is -2.10. The number of aromatic nitrogens is 2. The second-order valence-corrected chi connectivity index (χ2v) is 7.46. The molecule has 0 aliphatic rings. The SMILES string of the molecule is O=C(NCc1cccnc1)c1csc(-c2ccccc2OCc2cc(F)ccc2F)n1. The maximum absolute atomic E-state index is 13.9. The average molecular weight is 437 g/mol. The van der Waals surface area contributed by atoms with Crippen LogP contribution in [0, 0.1) is 11.6 Å². The van der Waals surface area contributed by atoms with Crippen LogP contribution in [0.3, 0.4) is 0 Å². The molecule has 0 aliphatic carbocycles. The third-order valence-electron chi connectivity index (χ3n) is 4.42. The highest BCUT2D eigenvalue weighted by Crippen LogP contribution is 2.32. The van der Waals surface area contributed by atoms with Crippen molar-refractivity contribution in [1.29, 1.82) is 0 Å². The largest absolute Gasteiger partial charge is 0.488 e. The van der Waals surface area contributed by atoms with Crippen molar-refractivity contribution in [2.24, 2.45) is 0 Å². The number of hydrogen-bond acceptors (Lipinski definition) is 5. The summed E-state index contributed by atoms with van der Waals surface area (Å²) in [4.78, 5) is 20.9. The van der Waals surface area contributed by atoms with Gasteiger partial charge in [-0.1, -0.05) is 18.2 Å². The molecule has 2 heterocycles. The van der Waals surface area contributed by atoms with E-state index in [0.29, 0.717) is 22.9 Å². The van der Waals surface area contributed by atoms with Gasteiger partial charge in [0.25, 0.3) is 5.91 Å². The molecule has 0 fully saturated rings. The van der Waals surface area contributed by atoms with Crippen LogP contribution in [0.25, 0.3) is 10.6 Å². The van der Waals surface area contributed by atoms with Crippen molar-refractivity contribution in [3.05, 3.63) is 101 Å². The summed E-state index contributed by atoms with van der Waals surface area (Å²) in [5, 5.41) is 5.06. The van der Waals surface area contributed by atoms with Crippen LogP contribution in [-0.2, 0) is 13.2 Å². The number of carbonyl (C=O) groups is 1. The number of pyridine rings is 1. The maximum Gasteiger partial charge on any atom is 0.271 e. The van der Waals surface area contributed by atoms with E-state index in [0.717, 1.165) is 23.8 Å². The number of hydrogen-bond donors (Lipinski definition) is 1. The number of amides is 1. The summed E-state index contributed by atoms with van der Waals surface area (Å²) in [6.07, 6.45) is 3.35. The molecule has 156 valence electrons. The van der Waals surface area contributed by atoms with Gasteiger partial charge in [0, 0.05) is 29.9 Å². The number of halogens is 2. The van der Waals surface area contributed by atoms with Crippen molar-refractivity contribution < 1.29 is 18.3 Å². The second-order valence-electron chi connectivity index (χ2n) is 6.60. The Hall–Kier alpha value is -3.65. The van der Waals surface area contributed by atoms with Gasteiger partial charge in [0.1, 0.15) is 34.7 Å². The van der Waals surface area contributed by atoms with E-state index in [2.05, 4.69) is 15.3 Å². The number of benzene rings is 2. The lowest BCUT2D eigenvalue weighted by atomic mass is 10.2. The molecule has 0 atom stereocenters. The highest BCUT2D eigenvalue weighted by Gasteiger charge is 2.15. The molecule has 2 aromatic heterocycles. The normalized spacial score (nSPS) is 10.6. The van der Waals surface area contributed by atoms with E-state index in [4.69, 9.17) is 4.74 Å². The highest BCUT2D eigenvalue weighted by atomic mass is 32.1. The van der Waals surface area contributed by atoms with Crippen LogP contribution in [0.5, 0.6) is 5.75 Å². The smallest absolute Gasteiger partial charge is 0.271 e. The fraction of sp³-hybridized carbons (Fsp3) is 0.0870. The number of para-hydroxylation sites is 1. The Morgan fingerprint density at radius 3 is 2.81 bits per heavy atom. The molecule has 1 amide bonds. The summed E-state index contributed by atoms with van der Waals surface area (Å²) in [7, 11) is 0. The Kier molecular flexibility index (Phi) is 6.28. The molecule has 0 bridgehead atoms. The molecule has 2 aromatic carbocycles. The summed E-state index contributed by atoms with van der Waals surface area (Å²) >= 11 is 1.30. The van der Waals surface area contributed by atoms with Crippen molar-refractivity contribution in [3.63, 3.8) is 0 Å². The zero-order valence-corrected chi connectivity index (χ0v) is 17.0. The van der Waals surface area contributed by atoms with Crippen LogP contribution in [0.1, 0.15) is 21.6 Å². The minimum absolute atomic E-state index is 0.115. The van der Waals surface area contributed by atoms with Crippen LogP contribution in [0.2, 0.25) is 0 Å². The first-order chi connectivity index (χ1) is 15.1. The third-order valence-corrected chi connectivity index (χ3v) is 5.30. The molecule has 0 radical (unpaired) electrons. The van der Waals surface area contributed by atoms with E-state index in [-0.39, 0.29) is 23.8 Å². The predicted octanol–water partition coefficient (Wildman–Crippen LogP) is 4.99. The molecular formula is C23H17F2N3O2S. The number of nitrogens with one attached hydrogen (secondary N) is 1. The molecule has 0 unspecified atom stereocenters. The van der Waals surface area contributed by atoms with Crippen molar-refractivity contribution >= 4 is 17.2 Å². The van der Waals surface area contributed by atoms with Crippen molar-refractivity contribution in [2.75, 3.05) is 0 Å². The van der Waals surface area contributed by atoms with Gasteiger partial charge in [0.15, 0.2) is 0 Å². The summed E-state index contributed by atoms with van der Waals surface area (Å²) < 4.78 is 33.0. The number of ether oxygens (including phenoxy) is 1. The molecule has 4 aromatic rings. The van der Waals surface area contributed by atoms with Gasteiger partial charge >= 0.3 is 0 Å². The van der Waals surface area contributed by atoms with E-state index in [1.807, 2.05) is 12.1 Å². The van der Waals surface area contributed by atoms with Crippen LogP contribution in [0.4, 0.5) is 8.78 Å². The van der Waals surface area contributed by atoms with Crippen molar-refractivity contribution in [3.8, 4) is 16.3 Å². The standard InChI is InChI=1S/C23H17F2N3O2S/c24-17-7-8-19(25)16(10-17)13-30-21-6-2-1-5-18(21)23-28-20(14-31-23)22(29)27-12-15-4-3-9-26-11-15/h1-11,14H,12-13H2,(H,27,29). The van der Waals surface area contributed by atoms with Crippen LogP contribution < -0.4 is 10.1 Å². The monoisotopic (exact) mass is 437 g/mol. The summed E-state index contributed by atoms with van der Waals surface area (Å²) in [6.45, 7) is 0.211. The van der Waals surface area contributed by atoms with Crippen LogP contribution >= 0.6 is 11.3 Å². The molecule has 0 spiro atoms. The van der Waals surface area contributed by atoms with Crippen LogP contribution in [0.15, 0.2) is 72.4 Å². The third kappa shape index (κ3) is 5.10. The molecular weight excluding hydrogens is 420 g/mol. The molecule has 31 heavy (non-hydrogen) atoms. The Morgan fingerprint density at radius 2 is 1.97 bits per heavy atom. The van der Waals surface area contributed by atoms with E-state index < -0.39 is 11.6 Å². The molecule has 0 saturated heterocycles. The molecule has 8 heteroatoms. The molecule has 4 rings (SSSR count). The Balaban J connectivity index is 1.47. The van der Waals surface area contributed by atoms with Gasteiger partial charge in [-0.3, -0.25) is 9.78 Å². The number of rotatable bonds is 7. The number of carbonyl (C=O) groups excluding carboxylic acids is 1. The lowest BCUT2D eigenvalue weighted by Crippen LogP contribution is -2.23. The zero-order valence-electron chi connectivity index (χ0n) is 16.2. The van der Waals surface area contributed by atoms with Gasteiger partial charge in [-0.15, -0.1) is 11.3 Å². The fourth-order valence-corrected chi connectivity index (χ4v) is 3.69. The van der Waals surface area contributed by atoms with Crippen molar-refractivity contribution in [1.82, 2.24) is 15.3 Å². The number of nitrogens with zero attached hydrogens (tertiary/aromatic N) is 2. The van der Waals surface area contributed by atoms with E-state index in [1.54, 1.807) is 42.0 Å². The summed E-state index contributed by atoms with van der Waals surface area (Å²) in [5.74, 6) is -0.912. The van der Waals surface area contributed by atoms with Gasteiger partial charge in [-0.25, -0.2) is 13.8 Å². The molecule has 0 saturated carbocycles. The minimum atomic E-state index is -0.541. The minimum Gasteiger partial charge on any atom is -0.488 e. The van der Waals surface area contributed by atoms with Gasteiger partial charge < -0.3 is 10.1 Å². The van der Waals surface area contributed by atoms with Gasteiger partial charge in [-0.05, 0) is 42.0 Å². The first-order valence-corrected chi connectivity index (χ1v) is 10.3. The topological polar surface area (TPSA) is 64.1 Å². The van der Waals surface area contributed by atoms with E-state index >= 15 is 0 Å². The Morgan fingerprint density at radius 1 is 1.10 bits per heavy atom. The Bertz CT molecular complexity index is 1200. The molecule has 0 aliphatic heterocycles. The first kappa shape index (κ1) is 20.6. The fourth-order valence-electron chi connectivity index (χ4n) is 2.86. The lowest BCUT2D eigenvalue weighted by molar-refractivity contribution is 0.0946. The maximum atomic E-state index is 13.9. The first-order valence-electron chi connectivity index (χ1n) is 9.39. The van der Waals surface area contributed by atoms with Crippen LogP contribution in [-0.4, -0.2) is 15.9 Å². The quantitative estimate of drug-likeness (QED) is 0.442. The molecule has 5 nitrogen and oxygen atoms in total. The second kappa shape index (κ2) is 9.44. The van der Waals surface area contributed by atoms with Gasteiger partial charge in [0.05, 0.1) is 5.56 Å². The molecule has 1 N–H and O–H groups in total.